The molecule has 0 radical (unpaired) electrons. The first-order valence-electron chi connectivity index (χ1n) is 15.9. The Morgan fingerprint density at radius 1 is 1.11 bits per heavy atom. The van der Waals surface area contributed by atoms with Crippen LogP contribution < -0.4 is 14.8 Å². The van der Waals surface area contributed by atoms with Gasteiger partial charge in [-0.3, -0.25) is 13.9 Å². The smallest absolute Gasteiger partial charge is 0.251 e. The number of Topliss-reactive ketones (excluding diaryl/α,β-unsaturated/α-hetero) is 1. The number of ketones is 1. The zero-order valence-corrected chi connectivity index (χ0v) is 27.5. The van der Waals surface area contributed by atoms with Crippen molar-refractivity contribution in [2.45, 2.75) is 63.5 Å². The van der Waals surface area contributed by atoms with Gasteiger partial charge in [-0.2, -0.15) is 0 Å². The number of aromatic nitrogens is 2. The van der Waals surface area contributed by atoms with Crippen LogP contribution in [-0.4, -0.2) is 73.6 Å². The van der Waals surface area contributed by atoms with Crippen molar-refractivity contribution in [1.29, 1.82) is 0 Å². The summed E-state index contributed by atoms with van der Waals surface area (Å²) in [6.45, 7) is 13.6. The molecule has 10 heteroatoms. The fourth-order valence-electron chi connectivity index (χ4n) is 6.97. The molecule has 1 aromatic carbocycles. The zero-order valence-electron chi connectivity index (χ0n) is 26.7. The molecular formula is C35H43N5O4S. The third-order valence-corrected chi connectivity index (χ3v) is 12.4. The Morgan fingerprint density at radius 2 is 1.84 bits per heavy atom. The van der Waals surface area contributed by atoms with Gasteiger partial charge in [0.05, 0.1) is 10.4 Å². The molecule has 1 saturated heterocycles. The molecule has 2 aromatic heterocycles. The van der Waals surface area contributed by atoms with Crippen LogP contribution in [0.25, 0.3) is 11.1 Å². The maximum atomic E-state index is 14.1. The van der Waals surface area contributed by atoms with Gasteiger partial charge in [-0.25, -0.2) is 13.4 Å². The number of fused-ring (bicyclic) bond motifs is 1. The number of pyridine rings is 2. The predicted molar refractivity (Wildman–Crippen MR) is 180 cm³/mol. The average molecular weight is 630 g/mol. The van der Waals surface area contributed by atoms with E-state index in [1.807, 2.05) is 57.3 Å². The molecular weight excluding hydrogens is 586 g/mol. The standard InChI is InChI=1S/C35H43N5O4S/c1-6-11-35(12-13-35)45(43,44)40-22-24(3)33-29(31(41)9-8-28-23(2)18-25(4)37-34(28)42)19-27(20-30(33)40)26-7-10-32(36-21-26)39-16-14-38(5)15-17-39/h6-7,10,18-21,24H,1,8-9,11-17,22H2,2-5H3,(H,37,42). The maximum absolute atomic E-state index is 14.1. The molecule has 0 bridgehead atoms. The molecule has 1 N–H and O–H groups in total. The van der Waals surface area contributed by atoms with Gasteiger partial charge in [-0.1, -0.05) is 13.0 Å². The lowest BCUT2D eigenvalue weighted by Gasteiger charge is -2.33. The number of likely N-dealkylation sites (N-methyl/N-ethyl adjacent to an activating group) is 1. The minimum atomic E-state index is -3.69. The minimum Gasteiger partial charge on any atom is -0.354 e. The average Bonchev–Trinajstić information content (AvgIpc) is 3.73. The molecule has 9 nitrogen and oxygen atoms in total. The van der Waals surface area contributed by atoms with Gasteiger partial charge >= 0.3 is 0 Å². The number of aryl methyl sites for hydroxylation is 2. The Bertz CT molecular complexity index is 1800. The zero-order chi connectivity index (χ0) is 32.1. The SMILES string of the molecule is C=CCC1(S(=O)(=O)N2CC(C)c3c(C(=O)CCc4c(C)cc(C)[nH]c4=O)cc(-c4ccc(N5CCN(C)CC5)nc4)cc32)CC1. The largest absolute Gasteiger partial charge is 0.354 e. The van der Waals surface area contributed by atoms with E-state index in [4.69, 9.17) is 4.98 Å². The van der Waals surface area contributed by atoms with E-state index in [-0.39, 0.29) is 30.2 Å². The number of allylic oxidation sites excluding steroid dienone is 1. The van der Waals surface area contributed by atoms with Crippen molar-refractivity contribution in [1.82, 2.24) is 14.9 Å². The highest BCUT2D eigenvalue weighted by atomic mass is 32.2. The number of piperazine rings is 1. The summed E-state index contributed by atoms with van der Waals surface area (Å²) >= 11 is 0. The van der Waals surface area contributed by atoms with Crippen LogP contribution in [0.2, 0.25) is 0 Å². The van der Waals surface area contributed by atoms with Crippen molar-refractivity contribution in [3.05, 3.63) is 87.5 Å². The molecule has 3 aliphatic rings. The lowest BCUT2D eigenvalue weighted by atomic mass is 9.89. The highest BCUT2D eigenvalue weighted by Gasteiger charge is 2.57. The van der Waals surface area contributed by atoms with E-state index in [2.05, 4.69) is 28.4 Å². The summed E-state index contributed by atoms with van der Waals surface area (Å²) in [5.41, 5.74) is 5.50. The summed E-state index contributed by atoms with van der Waals surface area (Å²) in [7, 11) is -1.58. The van der Waals surface area contributed by atoms with E-state index in [0.29, 0.717) is 42.5 Å². The predicted octanol–water partition coefficient (Wildman–Crippen LogP) is 4.98. The summed E-state index contributed by atoms with van der Waals surface area (Å²) in [6.07, 6.45) is 5.57. The van der Waals surface area contributed by atoms with Crippen LogP contribution in [0.1, 0.15) is 71.3 Å². The lowest BCUT2D eigenvalue weighted by Crippen LogP contribution is -2.44. The normalized spacial score (nSPS) is 19.4. The Hall–Kier alpha value is -3.76. The van der Waals surface area contributed by atoms with Crippen LogP contribution in [0.5, 0.6) is 0 Å². The Morgan fingerprint density at radius 3 is 2.47 bits per heavy atom. The Kier molecular flexibility index (Phi) is 8.24. The number of rotatable bonds is 10. The molecule has 1 unspecified atom stereocenters. The van der Waals surface area contributed by atoms with Crippen molar-refractivity contribution < 1.29 is 13.2 Å². The molecule has 2 aliphatic heterocycles. The fourth-order valence-corrected chi connectivity index (χ4v) is 9.22. The third-order valence-electron chi connectivity index (χ3n) is 9.83. The number of aromatic amines is 1. The van der Waals surface area contributed by atoms with Crippen LogP contribution in [-0.2, 0) is 16.4 Å². The Labute approximate surface area is 266 Å². The van der Waals surface area contributed by atoms with Crippen molar-refractivity contribution in [2.24, 2.45) is 0 Å². The molecule has 1 saturated carbocycles. The number of benzene rings is 1. The number of nitrogens with one attached hydrogen (secondary N) is 1. The quantitative estimate of drug-likeness (QED) is 0.249. The highest BCUT2D eigenvalue weighted by molar-refractivity contribution is 7.94. The molecule has 4 heterocycles. The topological polar surface area (TPSA) is 107 Å². The highest BCUT2D eigenvalue weighted by Crippen LogP contribution is 2.52. The van der Waals surface area contributed by atoms with Gasteiger partial charge in [0.25, 0.3) is 5.56 Å². The van der Waals surface area contributed by atoms with Crippen LogP contribution in [0.4, 0.5) is 11.5 Å². The van der Waals surface area contributed by atoms with E-state index >= 15 is 0 Å². The molecule has 6 rings (SSSR count). The molecule has 0 spiro atoms. The van der Waals surface area contributed by atoms with Crippen molar-refractivity contribution >= 4 is 27.3 Å². The van der Waals surface area contributed by atoms with Crippen LogP contribution >= 0.6 is 0 Å². The first-order valence-corrected chi connectivity index (χ1v) is 17.3. The number of hydrogen-bond acceptors (Lipinski definition) is 7. The van der Waals surface area contributed by atoms with Gasteiger partial charge in [0.1, 0.15) is 5.82 Å². The first kappa shape index (κ1) is 31.2. The molecule has 45 heavy (non-hydrogen) atoms. The summed E-state index contributed by atoms with van der Waals surface area (Å²) in [6, 6.07) is 9.73. The van der Waals surface area contributed by atoms with E-state index in [1.54, 1.807) is 10.4 Å². The van der Waals surface area contributed by atoms with E-state index in [0.717, 1.165) is 59.9 Å². The summed E-state index contributed by atoms with van der Waals surface area (Å²) < 4.78 is 29.0. The number of hydrogen-bond donors (Lipinski definition) is 1. The maximum Gasteiger partial charge on any atom is 0.251 e. The number of H-pyrrole nitrogens is 1. The van der Waals surface area contributed by atoms with Gasteiger partial charge in [-0.05, 0) is 93.6 Å². The van der Waals surface area contributed by atoms with Crippen LogP contribution in [0.15, 0.2) is 54.0 Å². The minimum absolute atomic E-state index is 0.104. The number of nitrogens with zero attached hydrogens (tertiary/aromatic N) is 4. The molecule has 3 aromatic rings. The molecule has 1 atom stereocenters. The van der Waals surface area contributed by atoms with Crippen molar-refractivity contribution in [3.8, 4) is 11.1 Å². The molecule has 2 fully saturated rings. The van der Waals surface area contributed by atoms with Gasteiger partial charge < -0.3 is 14.8 Å². The fraction of sp³-hybridized carbons (Fsp3) is 0.457. The number of anilines is 2. The van der Waals surface area contributed by atoms with Gasteiger partial charge in [0.2, 0.25) is 10.0 Å². The summed E-state index contributed by atoms with van der Waals surface area (Å²) in [4.78, 5) is 38.9. The number of carbonyl (C=O) groups is 1. The second-order valence-electron chi connectivity index (χ2n) is 13.1. The first-order chi connectivity index (χ1) is 21.4. The van der Waals surface area contributed by atoms with Crippen molar-refractivity contribution in [2.75, 3.05) is 49.0 Å². The second kappa shape index (κ2) is 11.9. The van der Waals surface area contributed by atoms with E-state index in [9.17, 15) is 18.0 Å². The lowest BCUT2D eigenvalue weighted by molar-refractivity contribution is 0.0981. The van der Waals surface area contributed by atoms with E-state index in [1.165, 1.54) is 0 Å². The number of sulfonamides is 1. The monoisotopic (exact) mass is 629 g/mol. The van der Waals surface area contributed by atoms with Crippen LogP contribution in [0.3, 0.4) is 0 Å². The molecule has 1 aliphatic carbocycles. The molecule has 0 amide bonds. The Balaban J connectivity index is 1.39. The third kappa shape index (κ3) is 5.74. The van der Waals surface area contributed by atoms with Crippen molar-refractivity contribution in [3.63, 3.8) is 0 Å². The van der Waals surface area contributed by atoms with Gasteiger partial charge in [0, 0.05) is 73.6 Å². The second-order valence-corrected chi connectivity index (χ2v) is 15.4. The molecule has 238 valence electrons. The van der Waals surface area contributed by atoms with E-state index < -0.39 is 14.8 Å². The summed E-state index contributed by atoms with van der Waals surface area (Å²) in [5, 5.41) is 0. The number of carbonyl (C=O) groups excluding carboxylic acids is 1. The summed E-state index contributed by atoms with van der Waals surface area (Å²) in [5.74, 6) is 0.637. The van der Waals surface area contributed by atoms with Gasteiger partial charge in [-0.15, -0.1) is 6.58 Å². The van der Waals surface area contributed by atoms with Crippen LogP contribution in [0, 0.1) is 13.8 Å². The van der Waals surface area contributed by atoms with Gasteiger partial charge in [0.15, 0.2) is 5.78 Å².